The van der Waals surface area contributed by atoms with E-state index in [-0.39, 0.29) is 6.04 Å². The van der Waals surface area contributed by atoms with Crippen LogP contribution in [0, 0.1) is 0 Å². The van der Waals surface area contributed by atoms with Gasteiger partial charge in [-0.1, -0.05) is 30.3 Å². The molecule has 1 heterocycles. The quantitative estimate of drug-likeness (QED) is 0.811. The van der Waals surface area contributed by atoms with Crippen LogP contribution < -0.4 is 0 Å². The van der Waals surface area contributed by atoms with Crippen LogP contribution in [0.25, 0.3) is 0 Å². The molecule has 0 fully saturated rings. The minimum atomic E-state index is -0.751. The van der Waals surface area contributed by atoms with Crippen molar-refractivity contribution >= 4 is 5.97 Å². The summed E-state index contributed by atoms with van der Waals surface area (Å²) in [5.41, 5.74) is 2.06. The second-order valence-corrected chi connectivity index (χ2v) is 4.50. The lowest BCUT2D eigenvalue weighted by molar-refractivity contribution is -0.139. The topological polar surface area (TPSA) is 40.5 Å². The van der Waals surface area contributed by atoms with Crippen molar-refractivity contribution in [3.63, 3.8) is 0 Å². The van der Waals surface area contributed by atoms with Gasteiger partial charge in [-0.3, -0.25) is 9.69 Å². The minimum absolute atomic E-state index is 0.199. The van der Waals surface area contributed by atoms with Crippen LogP contribution in [0.2, 0.25) is 0 Å². The van der Waals surface area contributed by atoms with Crippen LogP contribution in [-0.4, -0.2) is 28.6 Å². The van der Waals surface area contributed by atoms with E-state index in [4.69, 9.17) is 0 Å². The summed E-state index contributed by atoms with van der Waals surface area (Å²) in [7, 11) is 0. The fraction of sp³-hybridized carbons (Fsp3) is 0.357. The molecule has 90 valence electrons. The van der Waals surface area contributed by atoms with E-state index in [2.05, 4.69) is 11.5 Å². The van der Waals surface area contributed by atoms with E-state index in [9.17, 15) is 9.90 Å². The number of nitrogens with zero attached hydrogens (tertiary/aromatic N) is 1. The summed E-state index contributed by atoms with van der Waals surface area (Å²) < 4.78 is 0. The number of rotatable bonds is 3. The third kappa shape index (κ3) is 2.24. The van der Waals surface area contributed by atoms with E-state index in [0.29, 0.717) is 6.54 Å². The zero-order valence-corrected chi connectivity index (χ0v) is 9.97. The Labute approximate surface area is 101 Å². The van der Waals surface area contributed by atoms with E-state index in [1.807, 2.05) is 37.3 Å². The summed E-state index contributed by atoms with van der Waals surface area (Å²) in [5, 5.41) is 9.30. The Kier molecular flexibility index (Phi) is 3.29. The minimum Gasteiger partial charge on any atom is -0.481 e. The van der Waals surface area contributed by atoms with Crippen LogP contribution in [0.4, 0.5) is 0 Å². The average Bonchev–Trinajstić information content (AvgIpc) is 2.36. The third-order valence-electron chi connectivity index (χ3n) is 3.44. The molecule has 1 aliphatic rings. The molecule has 0 bridgehead atoms. The number of hydrogen-bond acceptors (Lipinski definition) is 2. The lowest BCUT2D eigenvalue weighted by atomic mass is 9.89. The van der Waals surface area contributed by atoms with Gasteiger partial charge in [-0.25, -0.2) is 0 Å². The number of fused-ring (bicyclic) bond motifs is 1. The number of hydrogen-bond donors (Lipinski definition) is 1. The molecule has 0 amide bonds. The highest BCUT2D eigenvalue weighted by molar-refractivity contribution is 5.77. The molecule has 1 aliphatic heterocycles. The molecular weight excluding hydrogens is 214 g/mol. The predicted molar refractivity (Wildman–Crippen MR) is 66.9 cm³/mol. The molecule has 0 aromatic heterocycles. The molecular formula is C14H17NO2. The van der Waals surface area contributed by atoms with Gasteiger partial charge in [0.25, 0.3) is 0 Å². The molecule has 0 radical (unpaired) electrons. The summed E-state index contributed by atoms with van der Waals surface area (Å²) in [6.45, 7) is 7.17. The van der Waals surface area contributed by atoms with Crippen LogP contribution in [0.5, 0.6) is 0 Å². The van der Waals surface area contributed by atoms with Gasteiger partial charge in [0.15, 0.2) is 0 Å². The normalized spacial score (nSPS) is 21.6. The van der Waals surface area contributed by atoms with Crippen molar-refractivity contribution in [3.8, 4) is 0 Å². The number of carboxylic acid groups (broad SMARTS) is 1. The predicted octanol–water partition coefficient (Wildman–Crippen LogP) is 2.24. The fourth-order valence-corrected chi connectivity index (χ4v) is 2.30. The average molecular weight is 231 g/mol. The van der Waals surface area contributed by atoms with Gasteiger partial charge >= 0.3 is 5.97 Å². The Morgan fingerprint density at radius 1 is 1.59 bits per heavy atom. The molecule has 2 rings (SSSR count). The Bertz CT molecular complexity index is 442. The second-order valence-electron chi connectivity index (χ2n) is 4.50. The van der Waals surface area contributed by atoms with Crippen molar-refractivity contribution in [2.75, 3.05) is 6.54 Å². The molecule has 1 aromatic carbocycles. The summed E-state index contributed by atoms with van der Waals surface area (Å²) in [6.07, 6.45) is 1.85. The van der Waals surface area contributed by atoms with Gasteiger partial charge in [0.1, 0.15) is 0 Å². The first-order valence-electron chi connectivity index (χ1n) is 5.80. The molecule has 0 spiro atoms. The van der Waals surface area contributed by atoms with E-state index >= 15 is 0 Å². The van der Waals surface area contributed by atoms with Crippen LogP contribution >= 0.6 is 0 Å². The smallest absolute Gasteiger partial charge is 0.312 e. The second kappa shape index (κ2) is 4.72. The Hall–Kier alpha value is -1.61. The molecule has 3 heteroatoms. The summed E-state index contributed by atoms with van der Waals surface area (Å²) >= 11 is 0. The van der Waals surface area contributed by atoms with Crippen molar-refractivity contribution < 1.29 is 9.90 Å². The third-order valence-corrected chi connectivity index (χ3v) is 3.44. The molecule has 3 nitrogen and oxygen atoms in total. The van der Waals surface area contributed by atoms with Gasteiger partial charge in [0.2, 0.25) is 0 Å². The van der Waals surface area contributed by atoms with Crippen molar-refractivity contribution in [1.82, 2.24) is 4.90 Å². The van der Waals surface area contributed by atoms with Crippen molar-refractivity contribution in [1.29, 1.82) is 0 Å². The Morgan fingerprint density at radius 3 is 2.94 bits per heavy atom. The number of benzene rings is 1. The van der Waals surface area contributed by atoms with Gasteiger partial charge in [-0.05, 0) is 18.1 Å². The molecule has 0 saturated carbocycles. The van der Waals surface area contributed by atoms with Crippen molar-refractivity contribution in [2.24, 2.45) is 0 Å². The molecule has 17 heavy (non-hydrogen) atoms. The van der Waals surface area contributed by atoms with E-state index in [0.717, 1.165) is 17.7 Å². The lowest BCUT2D eigenvalue weighted by Crippen LogP contribution is -2.41. The van der Waals surface area contributed by atoms with Gasteiger partial charge in [0.05, 0.1) is 5.92 Å². The van der Waals surface area contributed by atoms with Gasteiger partial charge in [-0.15, -0.1) is 6.58 Å². The summed E-state index contributed by atoms with van der Waals surface area (Å²) in [6, 6.07) is 7.99. The zero-order valence-electron chi connectivity index (χ0n) is 9.97. The van der Waals surface area contributed by atoms with E-state index in [1.165, 1.54) is 0 Å². The first-order chi connectivity index (χ1) is 8.13. The molecule has 1 aromatic rings. The molecule has 0 aliphatic carbocycles. The van der Waals surface area contributed by atoms with Crippen LogP contribution in [0.3, 0.4) is 0 Å². The first kappa shape index (κ1) is 11.9. The van der Waals surface area contributed by atoms with Crippen LogP contribution in [0.1, 0.15) is 24.0 Å². The van der Waals surface area contributed by atoms with Gasteiger partial charge in [-0.2, -0.15) is 0 Å². The standard InChI is InChI=1S/C14H17NO2/c1-3-10(2)15-8-11-6-4-5-7-12(11)13(9-15)14(16)17/h3-7,10,13H,1,8-9H2,2H3,(H,16,17). The molecule has 0 saturated heterocycles. The molecule has 2 unspecified atom stereocenters. The SMILES string of the molecule is C=CC(C)N1Cc2ccccc2C(C(=O)O)C1. The number of carbonyl (C=O) groups is 1. The van der Waals surface area contributed by atoms with Gasteiger partial charge in [0, 0.05) is 19.1 Å². The maximum absolute atomic E-state index is 11.3. The van der Waals surface area contributed by atoms with E-state index in [1.54, 1.807) is 0 Å². The maximum atomic E-state index is 11.3. The lowest BCUT2D eigenvalue weighted by Gasteiger charge is -2.35. The molecule has 2 atom stereocenters. The van der Waals surface area contributed by atoms with Gasteiger partial charge < -0.3 is 5.11 Å². The highest BCUT2D eigenvalue weighted by Crippen LogP contribution is 2.29. The first-order valence-corrected chi connectivity index (χ1v) is 5.80. The highest BCUT2D eigenvalue weighted by Gasteiger charge is 2.31. The van der Waals surface area contributed by atoms with E-state index < -0.39 is 11.9 Å². The number of aliphatic carboxylic acids is 1. The zero-order chi connectivity index (χ0) is 12.4. The highest BCUT2D eigenvalue weighted by atomic mass is 16.4. The number of carboxylic acids is 1. The van der Waals surface area contributed by atoms with Crippen molar-refractivity contribution in [3.05, 3.63) is 48.0 Å². The van der Waals surface area contributed by atoms with Crippen LogP contribution in [-0.2, 0) is 11.3 Å². The van der Waals surface area contributed by atoms with Crippen LogP contribution in [0.15, 0.2) is 36.9 Å². The van der Waals surface area contributed by atoms with Crippen molar-refractivity contribution in [2.45, 2.75) is 25.4 Å². The Morgan fingerprint density at radius 2 is 2.29 bits per heavy atom. The summed E-state index contributed by atoms with van der Waals surface area (Å²) in [5.74, 6) is -1.18. The monoisotopic (exact) mass is 231 g/mol. The molecule has 1 N–H and O–H groups in total. The fourth-order valence-electron chi connectivity index (χ4n) is 2.30. The Balaban J connectivity index is 2.35. The largest absolute Gasteiger partial charge is 0.481 e. The maximum Gasteiger partial charge on any atom is 0.312 e. The summed E-state index contributed by atoms with van der Waals surface area (Å²) in [4.78, 5) is 13.5.